The Balaban J connectivity index is 1.28. The minimum Gasteiger partial charge on any atom is -0.256 e. The summed E-state index contributed by atoms with van der Waals surface area (Å²) < 4.78 is 63.9. The molecule has 9 rings (SSSR count). The molecule has 3 aromatic heterocycles. The lowest BCUT2D eigenvalue weighted by Crippen LogP contribution is -2.48. The van der Waals surface area contributed by atoms with Crippen LogP contribution >= 0.6 is 0 Å². The van der Waals surface area contributed by atoms with Crippen LogP contribution in [0.25, 0.3) is 33.8 Å². The van der Waals surface area contributed by atoms with Gasteiger partial charge < -0.3 is 0 Å². The lowest BCUT2D eigenvalue weighted by atomic mass is 9.47. The molecule has 0 radical (unpaired) electrons. The van der Waals surface area contributed by atoms with E-state index >= 15 is 17.6 Å². The van der Waals surface area contributed by atoms with Crippen molar-refractivity contribution in [2.45, 2.75) is 51.4 Å². The van der Waals surface area contributed by atoms with Gasteiger partial charge in [0.25, 0.3) is 0 Å². The quantitative estimate of drug-likeness (QED) is 0.118. The number of hydrogen-bond acceptors (Lipinski definition) is 2. The highest BCUT2D eigenvalue weighted by Gasteiger charge is 2.52. The van der Waals surface area contributed by atoms with Crippen LogP contribution in [0.5, 0.6) is 0 Å². The molecular weight excluding hydrogens is 646 g/mol. The lowest BCUT2D eigenvalue weighted by molar-refractivity contribution is -0.660. The van der Waals surface area contributed by atoms with Gasteiger partial charge in [0.15, 0.2) is 6.20 Å². The van der Waals surface area contributed by atoms with Crippen molar-refractivity contribution >= 4 is 0 Å². The van der Waals surface area contributed by atoms with Crippen LogP contribution < -0.4 is 4.57 Å². The minimum absolute atomic E-state index is 0.0808. The fourth-order valence-corrected chi connectivity index (χ4v) is 8.63. The molecule has 7 heteroatoms. The number of aryl methyl sites for hydroxylation is 1. The number of benzene rings is 3. The molecule has 51 heavy (non-hydrogen) atoms. The molecule has 2 bridgehead atoms. The van der Waals surface area contributed by atoms with Crippen LogP contribution in [-0.4, -0.2) is 9.97 Å². The maximum Gasteiger partial charge on any atom is 0.215 e. The third-order valence-electron chi connectivity index (χ3n) is 11.5. The largest absolute Gasteiger partial charge is 0.256 e. The van der Waals surface area contributed by atoms with Gasteiger partial charge in [0.05, 0.1) is 17.0 Å². The Morgan fingerprint density at radius 1 is 0.765 bits per heavy atom. The zero-order valence-electron chi connectivity index (χ0n) is 28.8. The van der Waals surface area contributed by atoms with Gasteiger partial charge in [-0.05, 0) is 113 Å². The topological polar surface area (TPSA) is 29.7 Å². The molecule has 3 aliphatic carbocycles. The van der Waals surface area contributed by atoms with E-state index in [1.807, 2.05) is 36.5 Å². The molecule has 1 fully saturated rings. The molecule has 256 valence electrons. The average molecular weight is 685 g/mol. The summed E-state index contributed by atoms with van der Waals surface area (Å²) >= 11 is 0. The van der Waals surface area contributed by atoms with E-state index < -0.39 is 29.2 Å². The SMILES string of the molecule is C[n+]1ccccc1-c1c(F)cc(F)cc1C(Cc1ccccc1-c1cc2c(cn1)C1CC(C2)C1(C)C)Cc1cc(F)cc(F)c1-c1ccccn1. The fraction of sp³-hybridized carbons (Fsp3) is 0.250. The zero-order valence-corrected chi connectivity index (χ0v) is 28.8. The maximum atomic E-state index is 16.1. The second-order valence-corrected chi connectivity index (χ2v) is 14.7. The van der Waals surface area contributed by atoms with Crippen molar-refractivity contribution in [3.8, 4) is 33.8 Å². The zero-order chi connectivity index (χ0) is 35.4. The van der Waals surface area contributed by atoms with Crippen molar-refractivity contribution in [1.29, 1.82) is 0 Å². The molecule has 0 aliphatic heterocycles. The summed E-state index contributed by atoms with van der Waals surface area (Å²) in [6, 6.07) is 25.1. The van der Waals surface area contributed by atoms with E-state index in [-0.39, 0.29) is 23.0 Å². The highest BCUT2D eigenvalue weighted by atomic mass is 19.1. The highest BCUT2D eigenvalue weighted by molar-refractivity contribution is 5.69. The number of hydrogen-bond donors (Lipinski definition) is 0. The van der Waals surface area contributed by atoms with Crippen molar-refractivity contribution in [3.63, 3.8) is 0 Å². The first-order valence-electron chi connectivity index (χ1n) is 17.5. The Morgan fingerprint density at radius 2 is 1.49 bits per heavy atom. The van der Waals surface area contributed by atoms with E-state index in [0.29, 0.717) is 40.8 Å². The van der Waals surface area contributed by atoms with Gasteiger partial charge >= 0.3 is 0 Å². The van der Waals surface area contributed by atoms with E-state index in [1.165, 1.54) is 29.7 Å². The van der Waals surface area contributed by atoms with Gasteiger partial charge in [0.1, 0.15) is 30.3 Å². The molecule has 0 amide bonds. The molecular formula is C44H38F4N3+. The third kappa shape index (κ3) is 5.92. The summed E-state index contributed by atoms with van der Waals surface area (Å²) in [5.74, 6) is -2.38. The van der Waals surface area contributed by atoms with Crippen LogP contribution in [-0.2, 0) is 26.3 Å². The van der Waals surface area contributed by atoms with Crippen molar-refractivity contribution in [3.05, 3.63) is 161 Å². The number of halogens is 4. The van der Waals surface area contributed by atoms with Gasteiger partial charge in [-0.1, -0.05) is 44.2 Å². The first kappa shape index (κ1) is 33.0. The molecule has 1 saturated carbocycles. The lowest BCUT2D eigenvalue weighted by Gasteiger charge is -2.57. The number of aromatic nitrogens is 3. The van der Waals surface area contributed by atoms with Gasteiger partial charge in [0.2, 0.25) is 5.69 Å². The van der Waals surface area contributed by atoms with E-state index in [1.54, 1.807) is 54.3 Å². The second-order valence-electron chi connectivity index (χ2n) is 14.7. The van der Waals surface area contributed by atoms with Crippen molar-refractivity contribution < 1.29 is 22.1 Å². The number of rotatable bonds is 8. The van der Waals surface area contributed by atoms with Gasteiger partial charge in [-0.25, -0.2) is 22.1 Å². The predicted molar refractivity (Wildman–Crippen MR) is 191 cm³/mol. The molecule has 3 aliphatic rings. The average Bonchev–Trinajstić information content (AvgIpc) is 3.11. The van der Waals surface area contributed by atoms with Gasteiger partial charge in [-0.15, -0.1) is 0 Å². The highest BCUT2D eigenvalue weighted by Crippen LogP contribution is 2.62. The Bertz CT molecular complexity index is 2280. The van der Waals surface area contributed by atoms with Crippen LogP contribution in [0.4, 0.5) is 17.6 Å². The third-order valence-corrected chi connectivity index (χ3v) is 11.5. The molecule has 3 unspecified atom stereocenters. The van der Waals surface area contributed by atoms with Gasteiger partial charge in [-0.3, -0.25) is 9.97 Å². The first-order chi connectivity index (χ1) is 24.6. The van der Waals surface area contributed by atoms with E-state index in [4.69, 9.17) is 4.98 Å². The Morgan fingerprint density at radius 3 is 2.25 bits per heavy atom. The van der Waals surface area contributed by atoms with Gasteiger partial charge in [0, 0.05) is 47.8 Å². The van der Waals surface area contributed by atoms with Crippen LogP contribution in [0.1, 0.15) is 59.9 Å². The summed E-state index contributed by atoms with van der Waals surface area (Å²) in [5.41, 5.74) is 7.68. The Hall–Kier alpha value is -5.17. The molecule has 0 N–H and O–H groups in total. The smallest absolute Gasteiger partial charge is 0.215 e. The molecule has 3 atom stereocenters. The van der Waals surface area contributed by atoms with E-state index in [9.17, 15) is 0 Å². The van der Waals surface area contributed by atoms with E-state index in [2.05, 4.69) is 24.9 Å². The minimum atomic E-state index is -0.748. The predicted octanol–water partition coefficient (Wildman–Crippen LogP) is 10.1. The molecule has 6 aromatic rings. The van der Waals surface area contributed by atoms with Crippen molar-refractivity contribution in [2.24, 2.45) is 18.4 Å². The van der Waals surface area contributed by atoms with Crippen molar-refractivity contribution in [1.82, 2.24) is 9.97 Å². The van der Waals surface area contributed by atoms with E-state index in [0.717, 1.165) is 35.4 Å². The van der Waals surface area contributed by atoms with Gasteiger partial charge in [-0.2, -0.15) is 0 Å². The molecule has 0 saturated heterocycles. The summed E-state index contributed by atoms with van der Waals surface area (Å²) in [7, 11) is 1.81. The standard InChI is InChI=1S/C44H38F4N3/c1-44(2)30-18-28-20-40(50-25-35(28)36(44)21-30)33-11-5-4-10-26(33)16-27(17-29-19-31(45)23-37(47)42(29)39-12-6-8-14-49-39)34-22-32(46)24-38(48)43(34)41-13-7-9-15-51(41)3/h4-15,19-20,22-25,27,30,36H,16-18,21H2,1-3H3/q+1. The van der Waals surface area contributed by atoms with Crippen LogP contribution in [0.15, 0.2) is 110 Å². The van der Waals surface area contributed by atoms with Crippen LogP contribution in [0.3, 0.4) is 0 Å². The second kappa shape index (κ2) is 12.9. The van der Waals surface area contributed by atoms with Crippen LogP contribution in [0, 0.1) is 34.6 Å². The molecule has 0 spiro atoms. The number of nitrogens with zero attached hydrogens (tertiary/aromatic N) is 3. The van der Waals surface area contributed by atoms with Crippen molar-refractivity contribution in [2.75, 3.05) is 0 Å². The van der Waals surface area contributed by atoms with Crippen LogP contribution in [0.2, 0.25) is 0 Å². The molecule has 3 aromatic carbocycles. The summed E-state index contributed by atoms with van der Waals surface area (Å²) in [6.07, 6.45) is 8.01. The fourth-order valence-electron chi connectivity index (χ4n) is 8.63. The maximum absolute atomic E-state index is 16.1. The summed E-state index contributed by atoms with van der Waals surface area (Å²) in [4.78, 5) is 9.36. The monoisotopic (exact) mass is 684 g/mol. The summed E-state index contributed by atoms with van der Waals surface area (Å²) in [5, 5.41) is 0. The Kier molecular flexibility index (Phi) is 8.32. The molecule has 3 heterocycles. The molecule has 3 nitrogen and oxygen atoms in total. The normalized spacial score (nSPS) is 17.8. The Labute approximate surface area is 295 Å². The summed E-state index contributed by atoms with van der Waals surface area (Å²) in [6.45, 7) is 4.70. The first-order valence-corrected chi connectivity index (χ1v) is 17.5. The number of pyridine rings is 3.